The SMILES string of the molecule is CCSCC1(C(=O)O)CCC1. The van der Waals surface area contributed by atoms with Gasteiger partial charge < -0.3 is 5.11 Å². The van der Waals surface area contributed by atoms with Gasteiger partial charge in [-0.15, -0.1) is 0 Å². The third kappa shape index (κ3) is 1.70. The van der Waals surface area contributed by atoms with Crippen molar-refractivity contribution in [3.05, 3.63) is 0 Å². The second-order valence-electron chi connectivity index (χ2n) is 3.08. The van der Waals surface area contributed by atoms with Crippen LogP contribution in [-0.2, 0) is 4.79 Å². The molecule has 0 aliphatic heterocycles. The molecule has 1 aliphatic carbocycles. The Labute approximate surface area is 71.4 Å². The Balaban J connectivity index is 2.40. The molecule has 11 heavy (non-hydrogen) atoms. The van der Waals surface area contributed by atoms with E-state index in [0.29, 0.717) is 0 Å². The molecule has 0 saturated heterocycles. The lowest BCUT2D eigenvalue weighted by Crippen LogP contribution is -2.40. The van der Waals surface area contributed by atoms with Gasteiger partial charge in [0.25, 0.3) is 0 Å². The van der Waals surface area contributed by atoms with E-state index in [1.54, 1.807) is 11.8 Å². The van der Waals surface area contributed by atoms with E-state index in [1.807, 2.05) is 0 Å². The van der Waals surface area contributed by atoms with E-state index in [-0.39, 0.29) is 5.41 Å². The van der Waals surface area contributed by atoms with E-state index in [4.69, 9.17) is 5.11 Å². The number of hydrogen-bond donors (Lipinski definition) is 1. The Hall–Kier alpha value is -0.180. The average molecular weight is 174 g/mol. The van der Waals surface area contributed by atoms with Gasteiger partial charge in [0, 0.05) is 5.75 Å². The van der Waals surface area contributed by atoms with Gasteiger partial charge in [0.1, 0.15) is 0 Å². The highest BCUT2D eigenvalue weighted by Gasteiger charge is 2.43. The maximum Gasteiger partial charge on any atom is 0.310 e. The molecule has 1 saturated carbocycles. The van der Waals surface area contributed by atoms with Crippen LogP contribution in [0.3, 0.4) is 0 Å². The summed E-state index contributed by atoms with van der Waals surface area (Å²) in [6.45, 7) is 2.07. The lowest BCUT2D eigenvalue weighted by atomic mass is 9.70. The minimum absolute atomic E-state index is 0.347. The van der Waals surface area contributed by atoms with Gasteiger partial charge in [0.2, 0.25) is 0 Å². The lowest BCUT2D eigenvalue weighted by molar-refractivity contribution is -0.152. The normalized spacial score (nSPS) is 20.8. The number of hydrogen-bond acceptors (Lipinski definition) is 2. The molecule has 0 heterocycles. The molecule has 0 radical (unpaired) electrons. The van der Waals surface area contributed by atoms with Gasteiger partial charge in [-0.05, 0) is 18.6 Å². The molecule has 1 rings (SSSR count). The first-order chi connectivity index (χ1) is 5.21. The third-order valence-electron chi connectivity index (χ3n) is 2.35. The van der Waals surface area contributed by atoms with Gasteiger partial charge >= 0.3 is 5.97 Å². The second kappa shape index (κ2) is 3.48. The number of carboxylic acid groups (broad SMARTS) is 1. The molecule has 2 nitrogen and oxygen atoms in total. The maximum absolute atomic E-state index is 10.8. The van der Waals surface area contributed by atoms with Crippen LogP contribution in [0.5, 0.6) is 0 Å². The molecule has 1 fully saturated rings. The van der Waals surface area contributed by atoms with Crippen molar-refractivity contribution < 1.29 is 9.90 Å². The monoisotopic (exact) mass is 174 g/mol. The largest absolute Gasteiger partial charge is 0.481 e. The zero-order chi connectivity index (χ0) is 8.32. The van der Waals surface area contributed by atoms with E-state index in [0.717, 1.165) is 30.8 Å². The summed E-state index contributed by atoms with van der Waals surface area (Å²) >= 11 is 1.74. The van der Waals surface area contributed by atoms with Gasteiger partial charge in [-0.1, -0.05) is 13.3 Å². The van der Waals surface area contributed by atoms with Crippen LogP contribution in [0.4, 0.5) is 0 Å². The van der Waals surface area contributed by atoms with Gasteiger partial charge in [0.15, 0.2) is 0 Å². The molecule has 0 spiro atoms. The predicted molar refractivity (Wildman–Crippen MR) is 46.9 cm³/mol. The molecule has 64 valence electrons. The molecule has 0 amide bonds. The highest BCUT2D eigenvalue weighted by atomic mass is 32.2. The fourth-order valence-electron chi connectivity index (χ4n) is 1.32. The summed E-state index contributed by atoms with van der Waals surface area (Å²) in [5.74, 6) is 1.23. The van der Waals surface area contributed by atoms with Crippen LogP contribution in [0.2, 0.25) is 0 Å². The lowest BCUT2D eigenvalue weighted by Gasteiger charge is -2.37. The van der Waals surface area contributed by atoms with Crippen molar-refractivity contribution in [2.24, 2.45) is 5.41 Å². The van der Waals surface area contributed by atoms with E-state index in [9.17, 15) is 4.79 Å². The van der Waals surface area contributed by atoms with E-state index >= 15 is 0 Å². The Kier molecular flexibility index (Phi) is 2.82. The quantitative estimate of drug-likeness (QED) is 0.708. The van der Waals surface area contributed by atoms with Gasteiger partial charge in [-0.2, -0.15) is 11.8 Å². The van der Waals surface area contributed by atoms with Crippen LogP contribution in [0.1, 0.15) is 26.2 Å². The molecule has 3 heteroatoms. The number of thioether (sulfide) groups is 1. The Morgan fingerprint density at radius 3 is 2.55 bits per heavy atom. The van der Waals surface area contributed by atoms with E-state index < -0.39 is 5.97 Å². The van der Waals surface area contributed by atoms with Crippen molar-refractivity contribution in [3.8, 4) is 0 Å². The van der Waals surface area contributed by atoms with Crippen molar-refractivity contribution >= 4 is 17.7 Å². The summed E-state index contributed by atoms with van der Waals surface area (Å²) in [4.78, 5) is 10.8. The number of carbonyl (C=O) groups is 1. The molecule has 0 aromatic rings. The van der Waals surface area contributed by atoms with Crippen LogP contribution in [0, 0.1) is 5.41 Å². The average Bonchev–Trinajstić information content (AvgIpc) is 1.85. The van der Waals surface area contributed by atoms with Crippen molar-refractivity contribution in [1.82, 2.24) is 0 Å². The summed E-state index contributed by atoms with van der Waals surface area (Å²) in [7, 11) is 0. The predicted octanol–water partition coefficient (Wildman–Crippen LogP) is 1.99. The minimum Gasteiger partial charge on any atom is -0.481 e. The Bertz CT molecular complexity index is 152. The van der Waals surface area contributed by atoms with Crippen molar-refractivity contribution in [3.63, 3.8) is 0 Å². The molecule has 0 bridgehead atoms. The molecule has 0 aromatic heterocycles. The number of carboxylic acids is 1. The number of aliphatic carboxylic acids is 1. The number of rotatable bonds is 4. The zero-order valence-corrected chi connectivity index (χ0v) is 7.62. The smallest absolute Gasteiger partial charge is 0.310 e. The Morgan fingerprint density at radius 1 is 1.64 bits per heavy atom. The van der Waals surface area contributed by atoms with E-state index in [2.05, 4.69) is 6.92 Å². The van der Waals surface area contributed by atoms with Gasteiger partial charge in [-0.25, -0.2) is 0 Å². The molecule has 0 aromatic carbocycles. The summed E-state index contributed by atoms with van der Waals surface area (Å²) < 4.78 is 0. The van der Waals surface area contributed by atoms with Crippen LogP contribution >= 0.6 is 11.8 Å². The van der Waals surface area contributed by atoms with Crippen LogP contribution in [-0.4, -0.2) is 22.6 Å². The van der Waals surface area contributed by atoms with Crippen molar-refractivity contribution in [1.29, 1.82) is 0 Å². The van der Waals surface area contributed by atoms with Crippen molar-refractivity contribution in [2.45, 2.75) is 26.2 Å². The molecular formula is C8H14O2S. The maximum atomic E-state index is 10.8. The molecule has 0 unspecified atom stereocenters. The first-order valence-corrected chi connectivity index (χ1v) is 5.18. The highest BCUT2D eigenvalue weighted by Crippen LogP contribution is 2.43. The van der Waals surface area contributed by atoms with Crippen LogP contribution in [0.15, 0.2) is 0 Å². The summed E-state index contributed by atoms with van der Waals surface area (Å²) in [6.07, 6.45) is 2.86. The van der Waals surface area contributed by atoms with Gasteiger partial charge in [0.05, 0.1) is 5.41 Å². The third-order valence-corrected chi connectivity index (χ3v) is 3.51. The Morgan fingerprint density at radius 2 is 2.27 bits per heavy atom. The van der Waals surface area contributed by atoms with Crippen molar-refractivity contribution in [2.75, 3.05) is 11.5 Å². The summed E-state index contributed by atoms with van der Waals surface area (Å²) in [5, 5.41) is 8.90. The first kappa shape index (κ1) is 8.91. The molecule has 1 N–H and O–H groups in total. The highest BCUT2D eigenvalue weighted by molar-refractivity contribution is 7.99. The summed E-state index contributed by atoms with van der Waals surface area (Å²) in [6, 6.07) is 0. The standard InChI is InChI=1S/C8H14O2S/c1-2-11-6-8(7(9)10)4-3-5-8/h2-6H2,1H3,(H,9,10). The minimum atomic E-state index is -0.593. The molecular weight excluding hydrogens is 160 g/mol. The second-order valence-corrected chi connectivity index (χ2v) is 4.35. The van der Waals surface area contributed by atoms with Gasteiger partial charge in [-0.3, -0.25) is 4.79 Å². The fourth-order valence-corrected chi connectivity index (χ4v) is 2.33. The topological polar surface area (TPSA) is 37.3 Å². The van der Waals surface area contributed by atoms with E-state index in [1.165, 1.54) is 0 Å². The van der Waals surface area contributed by atoms with Crippen LogP contribution < -0.4 is 0 Å². The fraction of sp³-hybridized carbons (Fsp3) is 0.875. The van der Waals surface area contributed by atoms with Crippen LogP contribution in [0.25, 0.3) is 0 Å². The molecule has 1 aliphatic rings. The zero-order valence-electron chi connectivity index (χ0n) is 6.80. The summed E-state index contributed by atoms with van der Waals surface area (Å²) in [5.41, 5.74) is -0.347. The first-order valence-electron chi connectivity index (χ1n) is 4.02. The molecule has 0 atom stereocenters.